The van der Waals surface area contributed by atoms with Crippen LogP contribution in [-0.4, -0.2) is 22.1 Å². The lowest BCUT2D eigenvalue weighted by Crippen LogP contribution is -2.42. The summed E-state index contributed by atoms with van der Waals surface area (Å²) in [5.74, 6) is -0.761. The first-order chi connectivity index (χ1) is 9.25. The monoisotopic (exact) mass is 256 g/mol. The van der Waals surface area contributed by atoms with Crippen molar-refractivity contribution in [2.45, 2.75) is 31.3 Å². The molecule has 2 N–H and O–H groups in total. The summed E-state index contributed by atoms with van der Waals surface area (Å²) >= 11 is 0. The standard InChI is InChI=1S/C15H16N2O2/c18-15(19)14-8-2-7-13(17-14)11-4-1-6-12-10(11)5-3-9-16-12/h1,3-6,9,13-14,17H,2,7-8H2,(H,18,19). The minimum atomic E-state index is -0.761. The minimum Gasteiger partial charge on any atom is -0.480 e. The number of hydrogen-bond donors (Lipinski definition) is 2. The Morgan fingerprint density at radius 3 is 3.00 bits per heavy atom. The zero-order chi connectivity index (χ0) is 13.2. The summed E-state index contributed by atoms with van der Waals surface area (Å²) in [7, 11) is 0. The molecule has 1 aromatic carbocycles. The number of carbonyl (C=O) groups is 1. The van der Waals surface area contributed by atoms with Crippen molar-refractivity contribution >= 4 is 16.9 Å². The third kappa shape index (κ3) is 2.31. The topological polar surface area (TPSA) is 62.2 Å². The molecule has 19 heavy (non-hydrogen) atoms. The Hall–Kier alpha value is -1.94. The molecule has 2 heterocycles. The molecule has 3 rings (SSSR count). The molecule has 4 nitrogen and oxygen atoms in total. The summed E-state index contributed by atoms with van der Waals surface area (Å²) in [4.78, 5) is 15.5. The van der Waals surface area contributed by atoms with Crippen molar-refractivity contribution in [1.29, 1.82) is 0 Å². The Morgan fingerprint density at radius 1 is 1.26 bits per heavy atom. The van der Waals surface area contributed by atoms with Gasteiger partial charge in [0, 0.05) is 17.6 Å². The van der Waals surface area contributed by atoms with Crippen LogP contribution < -0.4 is 5.32 Å². The number of aliphatic carboxylic acids is 1. The van der Waals surface area contributed by atoms with Crippen molar-refractivity contribution in [1.82, 2.24) is 10.3 Å². The first-order valence-electron chi connectivity index (χ1n) is 6.58. The summed E-state index contributed by atoms with van der Waals surface area (Å²) < 4.78 is 0. The highest BCUT2D eigenvalue weighted by Gasteiger charge is 2.27. The van der Waals surface area contributed by atoms with Crippen molar-refractivity contribution in [3.63, 3.8) is 0 Å². The fourth-order valence-corrected chi connectivity index (χ4v) is 2.81. The van der Waals surface area contributed by atoms with Crippen LogP contribution in [0.3, 0.4) is 0 Å². The molecule has 0 aliphatic carbocycles. The van der Waals surface area contributed by atoms with Crippen LogP contribution in [0.4, 0.5) is 0 Å². The van der Waals surface area contributed by atoms with E-state index in [1.54, 1.807) is 6.20 Å². The van der Waals surface area contributed by atoms with Crippen LogP contribution in [-0.2, 0) is 4.79 Å². The Labute approximate surface area is 111 Å². The fourth-order valence-electron chi connectivity index (χ4n) is 2.81. The van der Waals surface area contributed by atoms with Crippen molar-refractivity contribution in [2.24, 2.45) is 0 Å². The van der Waals surface area contributed by atoms with E-state index < -0.39 is 12.0 Å². The first kappa shape index (κ1) is 12.1. The van der Waals surface area contributed by atoms with E-state index in [9.17, 15) is 4.79 Å². The Balaban J connectivity index is 1.97. The number of benzene rings is 1. The fraction of sp³-hybridized carbons (Fsp3) is 0.333. The van der Waals surface area contributed by atoms with Crippen molar-refractivity contribution in [3.05, 3.63) is 42.1 Å². The maximum Gasteiger partial charge on any atom is 0.320 e. The molecule has 2 unspecified atom stereocenters. The summed E-state index contributed by atoms with van der Waals surface area (Å²) in [5.41, 5.74) is 2.11. The summed E-state index contributed by atoms with van der Waals surface area (Å²) in [5, 5.41) is 13.5. The van der Waals surface area contributed by atoms with Gasteiger partial charge < -0.3 is 5.11 Å². The molecule has 0 saturated carbocycles. The molecule has 0 spiro atoms. The number of rotatable bonds is 2. The van der Waals surface area contributed by atoms with Crippen molar-refractivity contribution in [3.8, 4) is 0 Å². The van der Waals surface area contributed by atoms with Crippen molar-refractivity contribution in [2.75, 3.05) is 0 Å². The van der Waals surface area contributed by atoms with Gasteiger partial charge >= 0.3 is 5.97 Å². The molecular weight excluding hydrogens is 240 g/mol. The average molecular weight is 256 g/mol. The highest BCUT2D eigenvalue weighted by molar-refractivity contribution is 5.82. The van der Waals surface area contributed by atoms with Gasteiger partial charge in [0.25, 0.3) is 0 Å². The summed E-state index contributed by atoms with van der Waals surface area (Å²) in [6.45, 7) is 0. The van der Waals surface area contributed by atoms with Gasteiger partial charge in [-0.3, -0.25) is 15.1 Å². The number of nitrogens with zero attached hydrogens (tertiary/aromatic N) is 1. The Kier molecular flexibility index (Phi) is 3.17. The molecule has 0 bridgehead atoms. The molecule has 4 heteroatoms. The zero-order valence-electron chi connectivity index (χ0n) is 10.5. The highest BCUT2D eigenvalue weighted by atomic mass is 16.4. The van der Waals surface area contributed by atoms with E-state index in [0.29, 0.717) is 6.42 Å². The van der Waals surface area contributed by atoms with Gasteiger partial charge in [0.2, 0.25) is 0 Å². The molecule has 2 aromatic rings. The van der Waals surface area contributed by atoms with E-state index in [-0.39, 0.29) is 6.04 Å². The van der Waals surface area contributed by atoms with Crippen molar-refractivity contribution < 1.29 is 9.90 Å². The van der Waals surface area contributed by atoms with E-state index in [0.717, 1.165) is 29.3 Å². The Bertz CT molecular complexity index is 607. The number of pyridine rings is 1. The number of hydrogen-bond acceptors (Lipinski definition) is 3. The van der Waals surface area contributed by atoms with E-state index in [2.05, 4.69) is 16.4 Å². The molecule has 1 aliphatic heterocycles. The second kappa shape index (κ2) is 4.97. The molecular formula is C15H16N2O2. The van der Waals surface area contributed by atoms with Gasteiger partial charge in [0.1, 0.15) is 6.04 Å². The highest BCUT2D eigenvalue weighted by Crippen LogP contribution is 2.30. The van der Waals surface area contributed by atoms with E-state index in [1.165, 1.54) is 0 Å². The third-order valence-corrected chi connectivity index (χ3v) is 3.74. The maximum absolute atomic E-state index is 11.1. The minimum absolute atomic E-state index is 0.0998. The average Bonchev–Trinajstić information content (AvgIpc) is 2.47. The van der Waals surface area contributed by atoms with Gasteiger partial charge in [-0.25, -0.2) is 0 Å². The number of carboxylic acids is 1. The first-order valence-corrected chi connectivity index (χ1v) is 6.58. The molecule has 0 radical (unpaired) electrons. The predicted molar refractivity (Wildman–Crippen MR) is 72.9 cm³/mol. The van der Waals surface area contributed by atoms with Crippen LogP contribution in [0.15, 0.2) is 36.5 Å². The van der Waals surface area contributed by atoms with Gasteiger partial charge in [0.15, 0.2) is 0 Å². The van der Waals surface area contributed by atoms with Gasteiger partial charge in [-0.1, -0.05) is 18.2 Å². The lowest BCUT2D eigenvalue weighted by Gasteiger charge is -2.29. The van der Waals surface area contributed by atoms with Gasteiger partial charge in [0.05, 0.1) is 5.52 Å². The molecule has 1 fully saturated rings. The lowest BCUT2D eigenvalue weighted by molar-refractivity contribution is -0.140. The molecule has 0 amide bonds. The summed E-state index contributed by atoms with van der Waals surface area (Å²) in [6, 6.07) is 9.65. The quantitative estimate of drug-likeness (QED) is 0.866. The molecule has 2 atom stereocenters. The third-order valence-electron chi connectivity index (χ3n) is 3.74. The van der Waals surface area contributed by atoms with Gasteiger partial charge in [-0.15, -0.1) is 0 Å². The number of piperidine rings is 1. The van der Waals surface area contributed by atoms with Gasteiger partial charge in [-0.2, -0.15) is 0 Å². The summed E-state index contributed by atoms with van der Waals surface area (Å²) in [6.07, 6.45) is 4.39. The van der Waals surface area contributed by atoms with Gasteiger partial charge in [-0.05, 0) is 37.0 Å². The zero-order valence-corrected chi connectivity index (χ0v) is 10.5. The number of fused-ring (bicyclic) bond motifs is 1. The SMILES string of the molecule is O=C(O)C1CCCC(c2cccc3ncccc23)N1. The van der Waals surface area contributed by atoms with E-state index in [1.807, 2.05) is 24.3 Å². The van der Waals surface area contributed by atoms with Crippen LogP contribution in [0.5, 0.6) is 0 Å². The maximum atomic E-state index is 11.1. The smallest absolute Gasteiger partial charge is 0.320 e. The van der Waals surface area contributed by atoms with Crippen LogP contribution in [0.2, 0.25) is 0 Å². The molecule has 1 aromatic heterocycles. The van der Waals surface area contributed by atoms with E-state index >= 15 is 0 Å². The number of nitrogens with one attached hydrogen (secondary N) is 1. The second-order valence-corrected chi connectivity index (χ2v) is 4.96. The van der Waals surface area contributed by atoms with Crippen LogP contribution >= 0.6 is 0 Å². The normalized spacial score (nSPS) is 23.4. The van der Waals surface area contributed by atoms with Crippen LogP contribution in [0, 0.1) is 0 Å². The molecule has 98 valence electrons. The van der Waals surface area contributed by atoms with E-state index in [4.69, 9.17) is 5.11 Å². The molecule has 1 saturated heterocycles. The largest absolute Gasteiger partial charge is 0.480 e. The Morgan fingerprint density at radius 2 is 2.16 bits per heavy atom. The predicted octanol–water partition coefficient (Wildman–Crippen LogP) is 2.50. The number of aromatic nitrogens is 1. The number of carboxylic acid groups (broad SMARTS) is 1. The molecule has 1 aliphatic rings. The second-order valence-electron chi connectivity index (χ2n) is 4.96. The lowest BCUT2D eigenvalue weighted by atomic mass is 9.91. The van der Waals surface area contributed by atoms with Crippen LogP contribution in [0.25, 0.3) is 10.9 Å². The van der Waals surface area contributed by atoms with Crippen LogP contribution in [0.1, 0.15) is 30.9 Å².